The molecule has 3 aromatic rings. The van der Waals surface area contributed by atoms with Gasteiger partial charge in [-0.2, -0.15) is 5.10 Å². The molecule has 1 aromatic heterocycles. The Morgan fingerprint density at radius 3 is 2.35 bits per heavy atom. The number of para-hydroxylation sites is 1. The molecule has 0 amide bonds. The smallest absolute Gasteiger partial charge is 0.121 e. The Bertz CT molecular complexity index is 692. The van der Waals surface area contributed by atoms with Gasteiger partial charge in [0.15, 0.2) is 0 Å². The van der Waals surface area contributed by atoms with Crippen molar-refractivity contribution in [2.24, 2.45) is 0 Å². The number of hydrogen-bond acceptors (Lipinski definition) is 2. The number of benzene rings is 2. The fourth-order valence-electron chi connectivity index (χ4n) is 2.12. The summed E-state index contributed by atoms with van der Waals surface area (Å²) >= 11 is 5.87. The Morgan fingerprint density at radius 1 is 0.950 bits per heavy atom. The van der Waals surface area contributed by atoms with Gasteiger partial charge in [-0.1, -0.05) is 41.9 Å². The van der Waals surface area contributed by atoms with Gasteiger partial charge in [0, 0.05) is 11.2 Å². The molecule has 0 spiro atoms. The van der Waals surface area contributed by atoms with Crippen molar-refractivity contribution in [2.75, 3.05) is 0 Å². The van der Waals surface area contributed by atoms with E-state index in [1.807, 2.05) is 48.5 Å². The molecule has 0 bridgehead atoms. The zero-order valence-corrected chi connectivity index (χ0v) is 11.4. The Kier molecular flexibility index (Phi) is 3.54. The van der Waals surface area contributed by atoms with Crippen molar-refractivity contribution < 1.29 is 5.11 Å². The lowest BCUT2D eigenvalue weighted by atomic mass is 10.1. The Morgan fingerprint density at radius 2 is 1.65 bits per heavy atom. The van der Waals surface area contributed by atoms with E-state index in [9.17, 15) is 5.11 Å². The third-order valence-electron chi connectivity index (χ3n) is 3.14. The first-order chi connectivity index (χ1) is 9.75. The summed E-state index contributed by atoms with van der Waals surface area (Å²) in [6.45, 7) is 0. The molecule has 0 aliphatic rings. The quantitative estimate of drug-likeness (QED) is 0.798. The van der Waals surface area contributed by atoms with Crippen LogP contribution in [0.4, 0.5) is 0 Å². The van der Waals surface area contributed by atoms with Crippen LogP contribution >= 0.6 is 11.6 Å². The molecular formula is C16H13ClN2O. The van der Waals surface area contributed by atoms with Gasteiger partial charge >= 0.3 is 0 Å². The molecule has 3 nitrogen and oxygen atoms in total. The molecule has 0 saturated carbocycles. The van der Waals surface area contributed by atoms with Gasteiger partial charge < -0.3 is 5.11 Å². The number of hydrogen-bond donors (Lipinski definition) is 1. The maximum atomic E-state index is 10.5. The van der Waals surface area contributed by atoms with Crippen molar-refractivity contribution in [3.8, 4) is 5.69 Å². The molecule has 1 heterocycles. The van der Waals surface area contributed by atoms with Crippen LogP contribution < -0.4 is 0 Å². The van der Waals surface area contributed by atoms with Crippen molar-refractivity contribution in [1.82, 2.24) is 9.78 Å². The first kappa shape index (κ1) is 12.9. The minimum atomic E-state index is -0.741. The molecule has 1 unspecified atom stereocenters. The Hall–Kier alpha value is -2.10. The molecule has 0 aliphatic carbocycles. The third-order valence-corrected chi connectivity index (χ3v) is 3.39. The van der Waals surface area contributed by atoms with Gasteiger partial charge in [-0.25, -0.2) is 4.68 Å². The summed E-state index contributed by atoms with van der Waals surface area (Å²) in [6, 6.07) is 18.7. The lowest BCUT2D eigenvalue weighted by Crippen LogP contribution is -2.08. The lowest BCUT2D eigenvalue weighted by Gasteiger charge is -2.14. The van der Waals surface area contributed by atoms with Crippen LogP contribution in [0.3, 0.4) is 0 Å². The SMILES string of the molecule is OC(c1ccc(Cl)cc1)c1ccnn1-c1ccccc1. The van der Waals surface area contributed by atoms with Gasteiger partial charge in [-0.05, 0) is 35.9 Å². The fourth-order valence-corrected chi connectivity index (χ4v) is 2.25. The molecule has 0 radical (unpaired) electrons. The summed E-state index contributed by atoms with van der Waals surface area (Å²) in [4.78, 5) is 0. The monoisotopic (exact) mass is 284 g/mol. The Balaban J connectivity index is 1.99. The molecular weight excluding hydrogens is 272 g/mol. The number of halogens is 1. The predicted octanol–water partition coefficient (Wildman–Crippen LogP) is 3.61. The molecule has 1 atom stereocenters. The van der Waals surface area contributed by atoms with Gasteiger partial charge in [0.25, 0.3) is 0 Å². The van der Waals surface area contributed by atoms with Crippen molar-refractivity contribution in [2.45, 2.75) is 6.10 Å². The van der Waals surface area contributed by atoms with E-state index in [0.29, 0.717) is 5.02 Å². The van der Waals surface area contributed by atoms with Crippen molar-refractivity contribution in [3.63, 3.8) is 0 Å². The van der Waals surface area contributed by atoms with E-state index < -0.39 is 6.10 Å². The highest BCUT2D eigenvalue weighted by molar-refractivity contribution is 6.30. The third kappa shape index (κ3) is 2.46. The zero-order chi connectivity index (χ0) is 13.9. The number of aromatic nitrogens is 2. The van der Waals surface area contributed by atoms with E-state index in [4.69, 9.17) is 11.6 Å². The fraction of sp³-hybridized carbons (Fsp3) is 0.0625. The average molecular weight is 285 g/mol. The van der Waals surface area contributed by atoms with Gasteiger partial charge in [0.05, 0.1) is 11.4 Å². The summed E-state index contributed by atoms with van der Waals surface area (Å²) in [5, 5.41) is 15.4. The molecule has 2 aromatic carbocycles. The average Bonchev–Trinajstić information content (AvgIpc) is 2.97. The summed E-state index contributed by atoms with van der Waals surface area (Å²) < 4.78 is 1.74. The molecule has 4 heteroatoms. The van der Waals surface area contributed by atoms with Crippen LogP contribution in [-0.4, -0.2) is 14.9 Å². The van der Waals surface area contributed by atoms with E-state index >= 15 is 0 Å². The van der Waals surface area contributed by atoms with Gasteiger partial charge in [-0.3, -0.25) is 0 Å². The highest BCUT2D eigenvalue weighted by Crippen LogP contribution is 2.24. The van der Waals surface area contributed by atoms with Gasteiger partial charge in [0.2, 0.25) is 0 Å². The van der Waals surface area contributed by atoms with Gasteiger partial charge in [0.1, 0.15) is 6.10 Å². The van der Waals surface area contributed by atoms with Crippen LogP contribution in [0.1, 0.15) is 17.4 Å². The molecule has 0 fully saturated rings. The van der Waals surface area contributed by atoms with E-state index in [1.165, 1.54) is 0 Å². The number of aliphatic hydroxyl groups excluding tert-OH is 1. The maximum Gasteiger partial charge on any atom is 0.121 e. The Labute approximate surface area is 122 Å². The number of rotatable bonds is 3. The van der Waals surface area contributed by atoms with E-state index in [1.54, 1.807) is 23.0 Å². The molecule has 0 aliphatic heterocycles. The standard InChI is InChI=1S/C16H13ClN2O/c17-13-8-6-12(7-9-13)16(20)15-10-11-18-19(15)14-4-2-1-3-5-14/h1-11,16,20H. The van der Waals surface area contributed by atoms with Crippen molar-refractivity contribution in [1.29, 1.82) is 0 Å². The largest absolute Gasteiger partial charge is 0.382 e. The zero-order valence-electron chi connectivity index (χ0n) is 10.6. The maximum absolute atomic E-state index is 10.5. The normalized spacial score (nSPS) is 12.3. The molecule has 0 saturated heterocycles. The molecule has 20 heavy (non-hydrogen) atoms. The summed E-state index contributed by atoms with van der Waals surface area (Å²) in [5.74, 6) is 0. The van der Waals surface area contributed by atoms with Crippen LogP contribution in [0.5, 0.6) is 0 Å². The van der Waals surface area contributed by atoms with E-state index in [2.05, 4.69) is 5.10 Å². The minimum Gasteiger partial charge on any atom is -0.382 e. The number of nitrogens with zero attached hydrogens (tertiary/aromatic N) is 2. The molecule has 100 valence electrons. The highest BCUT2D eigenvalue weighted by Gasteiger charge is 2.16. The molecule has 3 rings (SSSR count). The molecule has 1 N–H and O–H groups in total. The van der Waals surface area contributed by atoms with Crippen molar-refractivity contribution >= 4 is 11.6 Å². The second-order valence-electron chi connectivity index (χ2n) is 4.46. The highest BCUT2D eigenvalue weighted by atomic mass is 35.5. The summed E-state index contributed by atoms with van der Waals surface area (Å²) in [7, 11) is 0. The summed E-state index contributed by atoms with van der Waals surface area (Å²) in [6.07, 6.45) is 0.941. The summed E-state index contributed by atoms with van der Waals surface area (Å²) in [5.41, 5.74) is 2.42. The second-order valence-corrected chi connectivity index (χ2v) is 4.89. The van der Waals surface area contributed by atoms with Crippen molar-refractivity contribution in [3.05, 3.63) is 83.1 Å². The van der Waals surface area contributed by atoms with Crippen LogP contribution in [-0.2, 0) is 0 Å². The second kappa shape index (κ2) is 5.49. The van der Waals surface area contributed by atoms with Crippen LogP contribution in [0, 0.1) is 0 Å². The van der Waals surface area contributed by atoms with E-state index in [-0.39, 0.29) is 0 Å². The topological polar surface area (TPSA) is 38.1 Å². The van der Waals surface area contributed by atoms with E-state index in [0.717, 1.165) is 16.9 Å². The van der Waals surface area contributed by atoms with Crippen LogP contribution in [0.25, 0.3) is 5.69 Å². The van der Waals surface area contributed by atoms with Crippen LogP contribution in [0.15, 0.2) is 66.9 Å². The number of aliphatic hydroxyl groups is 1. The lowest BCUT2D eigenvalue weighted by molar-refractivity contribution is 0.212. The first-order valence-electron chi connectivity index (χ1n) is 6.28. The predicted molar refractivity (Wildman–Crippen MR) is 79.1 cm³/mol. The minimum absolute atomic E-state index is 0.650. The first-order valence-corrected chi connectivity index (χ1v) is 6.66. The van der Waals surface area contributed by atoms with Gasteiger partial charge in [-0.15, -0.1) is 0 Å². The van der Waals surface area contributed by atoms with Crippen LogP contribution in [0.2, 0.25) is 5.02 Å².